The van der Waals surface area contributed by atoms with Gasteiger partial charge in [-0.2, -0.15) is 0 Å². The number of carbonyl (C=O) groups excluding carboxylic acids is 5. The topological polar surface area (TPSA) is 466 Å². The SMILES string of the molecule is O=C([O-])[O-].O=C([O-])[O-].O=C([O-])[O-].O=C([O-])[O-].O=C([O-])[O-].[Al+3].[Al+3].[Al+3].[Ca+2].[Ca+2].[Ca+2].[OH-].[OH-].[OH-].[OH-].[OH-]. The Morgan fingerprint density at radius 3 is 0.290 bits per heavy atom. The van der Waals surface area contributed by atoms with Crippen LogP contribution in [0.5, 0.6) is 0 Å². The van der Waals surface area contributed by atoms with Crippen LogP contribution in [0.2, 0.25) is 0 Å². The molecule has 160 valence electrons. The number of hydrogen-bond donors (Lipinski definition) is 0. The van der Waals surface area contributed by atoms with Crippen molar-refractivity contribution in [3.05, 3.63) is 0 Å². The van der Waals surface area contributed by atoms with Gasteiger partial charge in [0.2, 0.25) is 0 Å². The van der Waals surface area contributed by atoms with E-state index >= 15 is 0 Å². The zero-order valence-corrected chi connectivity index (χ0v) is 24.8. The third-order valence-electron chi connectivity index (χ3n) is 0. The van der Waals surface area contributed by atoms with Gasteiger partial charge in [0.1, 0.15) is 0 Å². The Balaban J connectivity index is -0.00000000595. The molecule has 0 saturated carbocycles. The van der Waals surface area contributed by atoms with Crippen LogP contribution in [0.15, 0.2) is 0 Å². The first-order chi connectivity index (χ1) is 8.66. The molecule has 0 atom stereocenters. The summed E-state index contributed by atoms with van der Waals surface area (Å²) >= 11 is 0. The molecule has 0 amide bonds. The fourth-order valence-electron chi connectivity index (χ4n) is 0. The molecule has 0 spiro atoms. The fourth-order valence-corrected chi connectivity index (χ4v) is 0. The summed E-state index contributed by atoms with van der Waals surface area (Å²) in [7, 11) is 0. The molecule has 20 nitrogen and oxygen atoms in total. The summed E-state index contributed by atoms with van der Waals surface area (Å²) < 4.78 is 0. The molecule has 0 aromatic carbocycles. The summed E-state index contributed by atoms with van der Waals surface area (Å²) in [4.78, 5) is 41.7. The Bertz CT molecular complexity index is 231. The van der Waals surface area contributed by atoms with E-state index in [0.29, 0.717) is 0 Å². The van der Waals surface area contributed by atoms with Crippen LogP contribution < -0.4 is 51.1 Å². The van der Waals surface area contributed by atoms with Crippen LogP contribution in [0.4, 0.5) is 24.0 Å². The largest absolute Gasteiger partial charge is 3.00 e. The van der Waals surface area contributed by atoms with Gasteiger partial charge in [0.05, 0.1) is 0 Å². The van der Waals surface area contributed by atoms with E-state index in [9.17, 15) is 0 Å². The van der Waals surface area contributed by atoms with Crippen molar-refractivity contribution >= 4 is 196 Å². The molecule has 26 heteroatoms. The van der Waals surface area contributed by atoms with Crippen molar-refractivity contribution < 1.29 is 102 Å². The monoisotopic (exact) mass is 586 g/mol. The van der Waals surface area contributed by atoms with Gasteiger partial charge in [0.25, 0.3) is 0 Å². The van der Waals surface area contributed by atoms with Gasteiger partial charge in [0.15, 0.2) is 0 Å². The third kappa shape index (κ3) is 11800. The standard InChI is InChI=1S/5CH2O3.3Al.3Ca.5H2O/c5*2-1(3)4;;;;;;;;;;;/h5*(H2,2,3,4);;;;;;;5*1H2/q;;;;;3*+3;3*+2;;;;;/p-15. The van der Waals surface area contributed by atoms with Crippen molar-refractivity contribution in [1.82, 2.24) is 0 Å². The molecule has 0 aromatic heterocycles. The molecule has 0 heterocycles. The summed E-state index contributed by atoms with van der Waals surface area (Å²) in [5, 5.41) is 83.3. The maximum absolute atomic E-state index is 8.33. The first-order valence-corrected chi connectivity index (χ1v) is 3.06. The molecule has 0 rings (SSSR count). The van der Waals surface area contributed by atoms with Crippen LogP contribution in [-0.2, 0) is 0 Å². The molecule has 0 unspecified atom stereocenters. The molecule has 31 heavy (non-hydrogen) atoms. The zero-order chi connectivity index (χ0) is 17.9. The van der Waals surface area contributed by atoms with E-state index in [0.717, 1.165) is 0 Å². The van der Waals surface area contributed by atoms with Crippen molar-refractivity contribution in [1.29, 1.82) is 0 Å². The molecular formula is C5H5Al3Ca3O20. The van der Waals surface area contributed by atoms with Gasteiger partial charge in [-0.15, -0.1) is 0 Å². The minimum Gasteiger partial charge on any atom is -0.870 e. The second-order valence-corrected chi connectivity index (χ2v) is 1.25. The molecule has 5 N–H and O–H groups in total. The summed E-state index contributed by atoms with van der Waals surface area (Å²) in [6.07, 6.45) is -11.7. The predicted molar refractivity (Wildman–Crippen MR) is 71.2 cm³/mol. The molecule has 0 aliphatic carbocycles. The summed E-state index contributed by atoms with van der Waals surface area (Å²) in [5.41, 5.74) is 0. The van der Waals surface area contributed by atoms with Crippen LogP contribution in [-0.4, -0.2) is 223 Å². The van der Waals surface area contributed by atoms with Gasteiger partial charge in [-0.1, -0.05) is 0 Å². The average Bonchev–Trinajstić information content (AvgIpc) is 1.94. The van der Waals surface area contributed by atoms with Gasteiger partial charge < -0.3 is 102 Å². The minimum atomic E-state index is -2.33. The van der Waals surface area contributed by atoms with Gasteiger partial charge in [0, 0.05) is 0 Å². The Morgan fingerprint density at radius 1 is 0.290 bits per heavy atom. The Morgan fingerprint density at radius 2 is 0.290 bits per heavy atom. The van der Waals surface area contributed by atoms with Crippen molar-refractivity contribution in [3.63, 3.8) is 0 Å². The maximum Gasteiger partial charge on any atom is 3.00 e. The van der Waals surface area contributed by atoms with Crippen molar-refractivity contribution in [2.45, 2.75) is 0 Å². The molecule has 0 aliphatic rings. The average molecular weight is 586 g/mol. The van der Waals surface area contributed by atoms with E-state index in [-0.39, 0.29) is 193 Å². The van der Waals surface area contributed by atoms with Crippen molar-refractivity contribution in [2.75, 3.05) is 0 Å². The predicted octanol–water partition coefficient (Wildman–Crippen LogP) is -15.4. The second-order valence-electron chi connectivity index (χ2n) is 1.25. The van der Waals surface area contributed by atoms with E-state index in [1.807, 2.05) is 0 Å². The number of carboxylic acid groups (broad SMARTS) is 10. The quantitative estimate of drug-likeness (QED) is 0.238. The maximum atomic E-state index is 8.33. The van der Waals surface area contributed by atoms with Crippen LogP contribution in [0.25, 0.3) is 0 Å². The van der Waals surface area contributed by atoms with Crippen LogP contribution in [0, 0.1) is 0 Å². The van der Waals surface area contributed by atoms with Gasteiger partial charge in [-0.25, -0.2) is 0 Å². The van der Waals surface area contributed by atoms with Gasteiger partial charge in [-0.3, -0.25) is 0 Å². The molecule has 0 fully saturated rings. The molecule has 0 aromatic rings. The first kappa shape index (κ1) is 118. The molecule has 0 saturated heterocycles. The Labute approximate surface area is 293 Å². The summed E-state index contributed by atoms with van der Waals surface area (Å²) in [6.45, 7) is 0. The van der Waals surface area contributed by atoms with Gasteiger partial charge >= 0.3 is 165 Å². The van der Waals surface area contributed by atoms with Crippen LogP contribution in [0.3, 0.4) is 0 Å². The van der Waals surface area contributed by atoms with E-state index < -0.39 is 30.8 Å². The number of hydrogen-bond acceptors (Lipinski definition) is 20. The van der Waals surface area contributed by atoms with Crippen LogP contribution in [0.1, 0.15) is 0 Å². The van der Waals surface area contributed by atoms with Crippen LogP contribution >= 0.6 is 0 Å². The second kappa shape index (κ2) is 108. The zero-order valence-electron chi connectivity index (χ0n) is 14.7. The van der Waals surface area contributed by atoms with Crippen molar-refractivity contribution in [2.24, 2.45) is 0 Å². The molecule has 0 bridgehead atoms. The van der Waals surface area contributed by atoms with E-state index in [1.165, 1.54) is 0 Å². The van der Waals surface area contributed by atoms with E-state index in [2.05, 4.69) is 0 Å². The van der Waals surface area contributed by atoms with Crippen molar-refractivity contribution in [3.8, 4) is 0 Å². The minimum absolute atomic E-state index is 0. The Hall–Kier alpha value is 1.53. The number of carbonyl (C=O) groups is 5. The molecule has 0 aliphatic heterocycles. The van der Waals surface area contributed by atoms with E-state index in [4.69, 9.17) is 75.0 Å². The summed E-state index contributed by atoms with van der Waals surface area (Å²) in [6, 6.07) is 0. The fraction of sp³-hybridized carbons (Fsp3) is 0. The normalized spacial score (nSPS) is 3.87. The first-order valence-electron chi connectivity index (χ1n) is 3.06. The van der Waals surface area contributed by atoms with E-state index in [1.54, 1.807) is 0 Å². The smallest absolute Gasteiger partial charge is 0.870 e. The summed E-state index contributed by atoms with van der Waals surface area (Å²) in [5.74, 6) is 0. The van der Waals surface area contributed by atoms with Gasteiger partial charge in [-0.05, 0) is 30.8 Å². The molecule has 0 radical (unpaired) electrons. The Kier molecular flexibility index (Phi) is 411. The number of rotatable bonds is 0. The molecular weight excluding hydrogens is 581 g/mol. The third-order valence-corrected chi connectivity index (χ3v) is 0.